The molecule has 1 N–H and O–H groups in total. The molecule has 1 aliphatic heterocycles. The van der Waals surface area contributed by atoms with E-state index in [1.54, 1.807) is 12.1 Å². The van der Waals surface area contributed by atoms with Crippen LogP contribution in [0.5, 0.6) is 0 Å². The lowest BCUT2D eigenvalue weighted by molar-refractivity contribution is -0.119. The van der Waals surface area contributed by atoms with Gasteiger partial charge in [-0.3, -0.25) is 10.1 Å². The summed E-state index contributed by atoms with van der Waals surface area (Å²) in [6.07, 6.45) is 1.09. The highest BCUT2D eigenvalue weighted by atomic mass is 79.9. The predicted octanol–water partition coefficient (Wildman–Crippen LogP) is 4.07. The Hall–Kier alpha value is -2.14. The van der Waals surface area contributed by atoms with E-state index in [9.17, 15) is 13.2 Å². The Bertz CT molecular complexity index is 1160. The molecule has 0 bridgehead atoms. The van der Waals surface area contributed by atoms with E-state index in [0.29, 0.717) is 29.5 Å². The summed E-state index contributed by atoms with van der Waals surface area (Å²) in [6.45, 7) is 2.31. The van der Waals surface area contributed by atoms with Crippen molar-refractivity contribution in [1.82, 2.24) is 14.5 Å². The smallest absolute Gasteiger partial charge is 0.244 e. The Labute approximate surface area is 187 Å². The minimum Gasteiger partial charge on any atom is -0.299 e. The second kappa shape index (κ2) is 8.54. The molecule has 30 heavy (non-hydrogen) atoms. The second-order valence-corrected chi connectivity index (χ2v) is 10.8. The van der Waals surface area contributed by atoms with E-state index in [-0.39, 0.29) is 10.8 Å². The Balaban J connectivity index is 1.50. The van der Waals surface area contributed by atoms with Crippen LogP contribution in [0.3, 0.4) is 0 Å². The standard InChI is InChI=1S/C20H19BrN4O3S2/c1-13-4-6-14(7-5-13)19-23-24-20(29-19)22-18(26)17-3-2-12-25(17)30(27,28)16-10-8-15(21)9-11-16/h4-11,17H,2-3,12H2,1H3,(H,22,24,26). The summed E-state index contributed by atoms with van der Waals surface area (Å²) in [6, 6.07) is 13.5. The third-order valence-corrected chi connectivity index (χ3v) is 8.22. The van der Waals surface area contributed by atoms with Crippen molar-refractivity contribution >= 4 is 48.3 Å². The molecule has 1 saturated heterocycles. The van der Waals surface area contributed by atoms with Crippen LogP contribution < -0.4 is 5.32 Å². The topological polar surface area (TPSA) is 92.3 Å². The summed E-state index contributed by atoms with van der Waals surface area (Å²) in [7, 11) is -3.76. The first-order chi connectivity index (χ1) is 14.3. The van der Waals surface area contributed by atoms with E-state index in [0.717, 1.165) is 15.6 Å². The van der Waals surface area contributed by atoms with Gasteiger partial charge in [-0.2, -0.15) is 4.31 Å². The molecule has 1 aliphatic rings. The molecule has 3 aromatic rings. The average molecular weight is 507 g/mol. The fourth-order valence-electron chi connectivity index (χ4n) is 3.31. The van der Waals surface area contributed by atoms with Crippen LogP contribution in [-0.2, 0) is 14.8 Å². The molecule has 0 radical (unpaired) electrons. The van der Waals surface area contributed by atoms with Gasteiger partial charge >= 0.3 is 0 Å². The van der Waals surface area contributed by atoms with Crippen molar-refractivity contribution in [1.29, 1.82) is 0 Å². The van der Waals surface area contributed by atoms with Crippen LogP contribution in [0.2, 0.25) is 0 Å². The van der Waals surface area contributed by atoms with Gasteiger partial charge in [0.15, 0.2) is 0 Å². The first-order valence-corrected chi connectivity index (χ1v) is 12.4. The second-order valence-electron chi connectivity index (χ2n) is 7.00. The van der Waals surface area contributed by atoms with E-state index in [1.807, 2.05) is 31.2 Å². The number of anilines is 1. The number of nitrogens with zero attached hydrogens (tertiary/aromatic N) is 3. The summed E-state index contributed by atoms with van der Waals surface area (Å²) in [5.74, 6) is -0.389. The number of hydrogen-bond acceptors (Lipinski definition) is 6. The van der Waals surface area contributed by atoms with Gasteiger partial charge in [0.05, 0.1) is 4.90 Å². The molecular formula is C20H19BrN4O3S2. The highest BCUT2D eigenvalue weighted by Gasteiger charge is 2.39. The Kier molecular flexibility index (Phi) is 6.01. The van der Waals surface area contributed by atoms with Crippen molar-refractivity contribution in [2.45, 2.75) is 30.7 Å². The van der Waals surface area contributed by atoms with Crippen LogP contribution in [0.1, 0.15) is 18.4 Å². The van der Waals surface area contributed by atoms with Gasteiger partial charge in [0.1, 0.15) is 11.0 Å². The summed E-state index contributed by atoms with van der Waals surface area (Å²) in [5, 5.41) is 12.0. The molecule has 1 amide bonds. The van der Waals surface area contributed by atoms with Crippen molar-refractivity contribution in [3.8, 4) is 10.6 Å². The van der Waals surface area contributed by atoms with Gasteiger partial charge in [-0.1, -0.05) is 57.1 Å². The van der Waals surface area contributed by atoms with Crippen molar-refractivity contribution in [2.75, 3.05) is 11.9 Å². The molecule has 4 rings (SSSR count). The molecule has 2 heterocycles. The number of aromatic nitrogens is 2. The summed E-state index contributed by atoms with van der Waals surface area (Å²) < 4.78 is 28.1. The molecule has 0 saturated carbocycles. The molecule has 156 valence electrons. The molecule has 0 aliphatic carbocycles. The molecule has 2 aromatic carbocycles. The third kappa shape index (κ3) is 4.31. The van der Waals surface area contributed by atoms with Crippen LogP contribution in [0.25, 0.3) is 10.6 Å². The number of carbonyl (C=O) groups excluding carboxylic acids is 1. The van der Waals surface area contributed by atoms with Gasteiger partial charge in [-0.25, -0.2) is 8.42 Å². The summed E-state index contributed by atoms with van der Waals surface area (Å²) in [4.78, 5) is 13.0. The number of benzene rings is 2. The summed E-state index contributed by atoms with van der Waals surface area (Å²) >= 11 is 4.56. The molecule has 7 nitrogen and oxygen atoms in total. The van der Waals surface area contributed by atoms with Crippen LogP contribution in [0.4, 0.5) is 5.13 Å². The normalized spacial score (nSPS) is 17.2. The fourth-order valence-corrected chi connectivity index (χ4v) is 5.98. The zero-order valence-corrected chi connectivity index (χ0v) is 19.3. The van der Waals surface area contributed by atoms with Crippen molar-refractivity contribution in [2.24, 2.45) is 0 Å². The molecule has 1 aromatic heterocycles. The Morgan fingerprint density at radius 2 is 1.83 bits per heavy atom. The molecule has 0 spiro atoms. The van der Waals surface area contributed by atoms with Crippen molar-refractivity contribution in [3.05, 3.63) is 58.6 Å². The maximum atomic E-state index is 13.0. The molecular weight excluding hydrogens is 488 g/mol. The Morgan fingerprint density at radius 3 is 2.53 bits per heavy atom. The number of amides is 1. The lowest BCUT2D eigenvalue weighted by atomic mass is 10.2. The van der Waals surface area contributed by atoms with Crippen LogP contribution >= 0.6 is 27.3 Å². The van der Waals surface area contributed by atoms with Crippen LogP contribution in [0, 0.1) is 6.92 Å². The first-order valence-electron chi connectivity index (χ1n) is 9.33. The van der Waals surface area contributed by atoms with Crippen molar-refractivity contribution < 1.29 is 13.2 Å². The molecule has 1 unspecified atom stereocenters. The van der Waals surface area contributed by atoms with E-state index < -0.39 is 16.1 Å². The van der Waals surface area contributed by atoms with Gasteiger partial charge in [0.2, 0.25) is 21.1 Å². The predicted molar refractivity (Wildman–Crippen MR) is 120 cm³/mol. The van der Waals surface area contributed by atoms with Crippen LogP contribution in [-0.4, -0.2) is 41.4 Å². The van der Waals surface area contributed by atoms with E-state index >= 15 is 0 Å². The number of halogens is 1. The van der Waals surface area contributed by atoms with Crippen LogP contribution in [0.15, 0.2) is 57.9 Å². The number of rotatable bonds is 5. The molecule has 1 atom stereocenters. The van der Waals surface area contributed by atoms with E-state index in [4.69, 9.17) is 0 Å². The van der Waals surface area contributed by atoms with Gasteiger partial charge in [0, 0.05) is 16.6 Å². The average Bonchev–Trinajstić information content (AvgIpc) is 3.39. The number of carbonyl (C=O) groups is 1. The van der Waals surface area contributed by atoms with E-state index in [1.165, 1.54) is 27.8 Å². The minimum atomic E-state index is -3.76. The van der Waals surface area contributed by atoms with Gasteiger partial charge in [-0.05, 0) is 44.0 Å². The molecule has 10 heteroatoms. The number of sulfonamides is 1. The molecule has 1 fully saturated rings. The number of aryl methyl sites for hydroxylation is 1. The number of nitrogens with one attached hydrogen (secondary N) is 1. The monoisotopic (exact) mass is 506 g/mol. The highest BCUT2D eigenvalue weighted by molar-refractivity contribution is 9.10. The van der Waals surface area contributed by atoms with Gasteiger partial charge in [-0.15, -0.1) is 10.2 Å². The summed E-state index contributed by atoms with van der Waals surface area (Å²) in [5.41, 5.74) is 2.06. The minimum absolute atomic E-state index is 0.169. The fraction of sp³-hybridized carbons (Fsp3) is 0.250. The maximum absolute atomic E-state index is 13.0. The Morgan fingerprint density at radius 1 is 1.13 bits per heavy atom. The zero-order chi connectivity index (χ0) is 21.3. The van der Waals surface area contributed by atoms with Gasteiger partial charge < -0.3 is 0 Å². The first kappa shape index (κ1) is 21.1. The number of hydrogen-bond donors (Lipinski definition) is 1. The third-order valence-electron chi connectivity index (χ3n) is 4.88. The lowest BCUT2D eigenvalue weighted by Gasteiger charge is -2.23. The lowest BCUT2D eigenvalue weighted by Crippen LogP contribution is -2.43. The van der Waals surface area contributed by atoms with Gasteiger partial charge in [0.25, 0.3) is 0 Å². The zero-order valence-electron chi connectivity index (χ0n) is 16.1. The maximum Gasteiger partial charge on any atom is 0.244 e. The quantitative estimate of drug-likeness (QED) is 0.562. The van der Waals surface area contributed by atoms with E-state index in [2.05, 4.69) is 31.4 Å². The highest BCUT2D eigenvalue weighted by Crippen LogP contribution is 2.30. The van der Waals surface area contributed by atoms with Crippen molar-refractivity contribution in [3.63, 3.8) is 0 Å². The largest absolute Gasteiger partial charge is 0.299 e. The SMILES string of the molecule is Cc1ccc(-c2nnc(NC(=O)C3CCCN3S(=O)(=O)c3ccc(Br)cc3)s2)cc1.